The van der Waals surface area contributed by atoms with Crippen LogP contribution in [-0.2, 0) is 0 Å². The first-order chi connectivity index (χ1) is 10.2. The molecule has 0 aromatic carbocycles. The maximum absolute atomic E-state index is 12.8. The molecule has 104 valence electrons. The van der Waals surface area contributed by atoms with Gasteiger partial charge in [-0.3, -0.25) is 0 Å². The number of aromatic nitrogens is 3. The molecule has 3 aromatic rings. The quantitative estimate of drug-likeness (QED) is 0.505. The third-order valence-electron chi connectivity index (χ3n) is 2.70. The van der Waals surface area contributed by atoms with Crippen molar-refractivity contribution < 1.29 is 4.39 Å². The van der Waals surface area contributed by atoms with Gasteiger partial charge in [0.05, 0.1) is 17.3 Å². The lowest BCUT2D eigenvalue weighted by Gasteiger charge is -2.04. The van der Waals surface area contributed by atoms with Crippen molar-refractivity contribution in [2.45, 2.75) is 6.92 Å². The minimum Gasteiger partial charge on any atom is -0.239 e. The molecule has 0 aliphatic rings. The van der Waals surface area contributed by atoms with Gasteiger partial charge in [0.15, 0.2) is 0 Å². The lowest BCUT2D eigenvalue weighted by Crippen LogP contribution is -1.91. The number of halogens is 1. The Morgan fingerprint density at radius 3 is 2.71 bits per heavy atom. The molecule has 0 aliphatic carbocycles. The van der Waals surface area contributed by atoms with Crippen LogP contribution >= 0.6 is 0 Å². The first-order valence-electron chi connectivity index (χ1n) is 6.26. The van der Waals surface area contributed by atoms with E-state index in [1.165, 1.54) is 18.5 Å². The second-order valence-corrected chi connectivity index (χ2v) is 4.16. The van der Waals surface area contributed by atoms with Gasteiger partial charge in [-0.2, -0.15) is 14.8 Å². The molecule has 0 amide bonds. The number of nitrogens with zero attached hydrogens (tertiary/aromatic N) is 4. The molecule has 0 aliphatic heterocycles. The number of hydrogen-bond acceptors (Lipinski definition) is 3. The summed E-state index contributed by atoms with van der Waals surface area (Å²) in [5.41, 5.74) is 2.74. The Bertz CT molecular complexity index is 797. The van der Waals surface area contributed by atoms with Crippen LogP contribution in [0.15, 0.2) is 55.5 Å². The average Bonchev–Trinajstić information content (AvgIpc) is 2.92. The molecule has 3 aromatic heterocycles. The van der Waals surface area contributed by atoms with Crippen LogP contribution < -0.4 is 0 Å². The summed E-state index contributed by atoms with van der Waals surface area (Å²) in [5.74, 6) is -0.528. The summed E-state index contributed by atoms with van der Waals surface area (Å²) in [6.07, 6.45) is 6.46. The molecule has 0 saturated heterocycles. The normalized spacial score (nSPS) is 9.57. The van der Waals surface area contributed by atoms with Gasteiger partial charge < -0.3 is 0 Å². The molecule has 0 N–H and O–H groups in total. The smallest absolute Gasteiger partial charge is 0.212 e. The fraction of sp³-hybridized carbons (Fsp3) is 0.0625. The van der Waals surface area contributed by atoms with Crippen LogP contribution in [0.3, 0.4) is 0 Å². The topological polar surface area (TPSA) is 54.0 Å². The van der Waals surface area contributed by atoms with Gasteiger partial charge in [-0.05, 0) is 25.1 Å². The Labute approximate surface area is 121 Å². The number of hydrogen-bond donors (Lipinski definition) is 0. The minimum atomic E-state index is -0.528. The Morgan fingerprint density at radius 1 is 1.33 bits per heavy atom. The molecule has 0 unspecified atom stereocenters. The summed E-state index contributed by atoms with van der Waals surface area (Å²) in [4.78, 5) is 3.62. The molecule has 0 saturated carbocycles. The van der Waals surface area contributed by atoms with Gasteiger partial charge in [0.1, 0.15) is 6.07 Å². The van der Waals surface area contributed by atoms with Crippen molar-refractivity contribution >= 4 is 5.52 Å². The summed E-state index contributed by atoms with van der Waals surface area (Å²) >= 11 is 0. The first kappa shape index (κ1) is 14.4. The summed E-state index contributed by atoms with van der Waals surface area (Å²) < 4.78 is 14.4. The molecule has 4 nitrogen and oxygen atoms in total. The van der Waals surface area contributed by atoms with Crippen LogP contribution in [0, 0.1) is 17.3 Å². The van der Waals surface area contributed by atoms with Crippen LogP contribution in [0.5, 0.6) is 0 Å². The van der Waals surface area contributed by atoms with Crippen molar-refractivity contribution in [2.24, 2.45) is 0 Å². The second-order valence-electron chi connectivity index (χ2n) is 4.16. The Balaban J connectivity index is 0.000000497. The van der Waals surface area contributed by atoms with Crippen LogP contribution in [0.1, 0.15) is 12.5 Å². The van der Waals surface area contributed by atoms with Crippen molar-refractivity contribution in [3.05, 3.63) is 67.0 Å². The highest BCUT2D eigenvalue weighted by Gasteiger charge is 2.10. The van der Waals surface area contributed by atoms with Gasteiger partial charge in [-0.15, -0.1) is 6.58 Å². The highest BCUT2D eigenvalue weighted by atomic mass is 19.1. The van der Waals surface area contributed by atoms with Crippen molar-refractivity contribution in [2.75, 3.05) is 0 Å². The highest BCUT2D eigenvalue weighted by Crippen LogP contribution is 2.26. The summed E-state index contributed by atoms with van der Waals surface area (Å²) in [7, 11) is 0. The van der Waals surface area contributed by atoms with E-state index in [2.05, 4.69) is 22.7 Å². The molecule has 3 rings (SSSR count). The zero-order chi connectivity index (χ0) is 15.2. The molecule has 3 heterocycles. The number of nitriles is 1. The number of pyridine rings is 2. The van der Waals surface area contributed by atoms with Gasteiger partial charge in [0.2, 0.25) is 5.95 Å². The maximum Gasteiger partial charge on any atom is 0.212 e. The predicted octanol–water partition coefficient (Wildman–Crippen LogP) is 3.60. The lowest BCUT2D eigenvalue weighted by molar-refractivity contribution is 0.584. The van der Waals surface area contributed by atoms with Crippen molar-refractivity contribution in [1.29, 1.82) is 5.26 Å². The molecule has 5 heteroatoms. The molecule has 21 heavy (non-hydrogen) atoms. The molecule has 0 radical (unpaired) electrons. The van der Waals surface area contributed by atoms with E-state index in [9.17, 15) is 4.39 Å². The zero-order valence-electron chi connectivity index (χ0n) is 11.5. The van der Waals surface area contributed by atoms with Gasteiger partial charge in [0.25, 0.3) is 0 Å². The van der Waals surface area contributed by atoms with Gasteiger partial charge in [0, 0.05) is 23.5 Å². The van der Waals surface area contributed by atoms with Gasteiger partial charge in [-0.25, -0.2) is 9.50 Å². The fourth-order valence-corrected chi connectivity index (χ4v) is 1.89. The van der Waals surface area contributed by atoms with Crippen molar-refractivity contribution in [3.63, 3.8) is 0 Å². The van der Waals surface area contributed by atoms with E-state index in [0.29, 0.717) is 11.1 Å². The van der Waals surface area contributed by atoms with E-state index in [1.807, 2.05) is 19.1 Å². The van der Waals surface area contributed by atoms with Crippen molar-refractivity contribution in [3.8, 4) is 17.2 Å². The largest absolute Gasteiger partial charge is 0.239 e. The van der Waals surface area contributed by atoms with E-state index < -0.39 is 5.95 Å². The third-order valence-corrected chi connectivity index (χ3v) is 2.70. The predicted molar refractivity (Wildman–Crippen MR) is 79.0 cm³/mol. The van der Waals surface area contributed by atoms with E-state index >= 15 is 0 Å². The molecule has 0 bridgehead atoms. The first-order valence-corrected chi connectivity index (χ1v) is 6.26. The van der Waals surface area contributed by atoms with E-state index in [4.69, 9.17) is 5.26 Å². The monoisotopic (exact) mass is 280 g/mol. The molecular formula is C16H13FN4. The van der Waals surface area contributed by atoms with Crippen LogP contribution in [0.2, 0.25) is 0 Å². The second kappa shape index (κ2) is 6.44. The van der Waals surface area contributed by atoms with Crippen LogP contribution in [-0.4, -0.2) is 14.6 Å². The summed E-state index contributed by atoms with van der Waals surface area (Å²) in [6, 6.07) is 8.69. The maximum atomic E-state index is 12.8. The van der Waals surface area contributed by atoms with Gasteiger partial charge in [-0.1, -0.05) is 12.1 Å². The third kappa shape index (κ3) is 2.95. The van der Waals surface area contributed by atoms with Crippen LogP contribution in [0.4, 0.5) is 4.39 Å². The number of allylic oxidation sites excluding steroid dienone is 1. The summed E-state index contributed by atoms with van der Waals surface area (Å²) in [5, 5.41) is 13.2. The minimum absolute atomic E-state index is 0.481. The van der Waals surface area contributed by atoms with E-state index in [1.54, 1.807) is 22.9 Å². The number of rotatable bonds is 1. The SMILES string of the molecule is C=CC.N#Cc1cnn2cccc(-c3ccc(F)nc3)c12. The fourth-order valence-electron chi connectivity index (χ4n) is 1.89. The Kier molecular flexibility index (Phi) is 4.42. The van der Waals surface area contributed by atoms with Gasteiger partial charge >= 0.3 is 0 Å². The zero-order valence-corrected chi connectivity index (χ0v) is 11.5. The Hall–Kier alpha value is -3.00. The van der Waals surface area contributed by atoms with Crippen molar-refractivity contribution in [1.82, 2.24) is 14.6 Å². The van der Waals surface area contributed by atoms with E-state index in [0.717, 1.165) is 11.1 Å². The molecule has 0 fully saturated rings. The summed E-state index contributed by atoms with van der Waals surface area (Å²) in [6.45, 7) is 5.25. The Morgan fingerprint density at radius 2 is 2.10 bits per heavy atom. The average molecular weight is 280 g/mol. The standard InChI is InChI=1S/C13H7FN4.C3H6/c14-12-4-3-9(7-16-12)11-2-1-5-18-13(11)10(6-15)8-17-18;1-3-2/h1-5,7-8H;3H,1H2,2H3. The van der Waals surface area contributed by atoms with Crippen LogP contribution in [0.25, 0.3) is 16.6 Å². The molecule has 0 atom stereocenters. The molecular weight excluding hydrogens is 267 g/mol. The molecule has 0 spiro atoms. The number of fused-ring (bicyclic) bond motifs is 1. The highest BCUT2D eigenvalue weighted by molar-refractivity contribution is 5.83. The van der Waals surface area contributed by atoms with E-state index in [-0.39, 0.29) is 0 Å². The lowest BCUT2D eigenvalue weighted by atomic mass is 10.1.